The van der Waals surface area contributed by atoms with Crippen LogP contribution in [0.4, 0.5) is 0 Å². The van der Waals surface area contributed by atoms with Crippen LogP contribution in [0.3, 0.4) is 0 Å². The molecule has 0 fully saturated rings. The molecular weight excluding hydrogens is 569 g/mol. The van der Waals surface area contributed by atoms with Gasteiger partial charge in [0.15, 0.2) is 0 Å². The number of thiophene rings is 1. The first-order chi connectivity index (χ1) is 22.3. The van der Waals surface area contributed by atoms with Crippen LogP contribution < -0.4 is 0 Å². The molecule has 0 atom stereocenters. The Morgan fingerprint density at radius 1 is 0.444 bits per heavy atom. The van der Waals surface area contributed by atoms with Crippen LogP contribution >= 0.6 is 11.3 Å². The van der Waals surface area contributed by atoms with Crippen LogP contribution in [-0.4, -0.2) is 9.55 Å². The Morgan fingerprint density at radius 3 is 1.78 bits per heavy atom. The van der Waals surface area contributed by atoms with Gasteiger partial charge in [-0.05, 0) is 78.9 Å². The number of benzene rings is 6. The van der Waals surface area contributed by atoms with Crippen molar-refractivity contribution in [1.82, 2.24) is 9.55 Å². The van der Waals surface area contributed by atoms with E-state index in [4.69, 9.17) is 9.40 Å². The molecule has 0 saturated heterocycles. The zero-order chi connectivity index (χ0) is 29.5. The Bertz CT molecular complexity index is 2730. The van der Waals surface area contributed by atoms with E-state index < -0.39 is 0 Å². The lowest BCUT2D eigenvalue weighted by atomic mass is 10.0. The van der Waals surface area contributed by atoms with Gasteiger partial charge in [-0.2, -0.15) is 0 Å². The van der Waals surface area contributed by atoms with Crippen molar-refractivity contribution in [3.8, 4) is 28.2 Å². The number of furan rings is 1. The standard InChI is InChI=1S/C41H24N2OS/c1-4-13-36-28(8-1)29-9-2-5-14-37(29)43(36)27-18-20-39-32(24-27)31-22-25(16-19-38(31)44-39)34-11-7-12-35(42-34)26-17-21-41-33(23-26)30-10-3-6-15-40(30)45-41/h1-24H. The summed E-state index contributed by atoms with van der Waals surface area (Å²) in [5.74, 6) is 0. The zero-order valence-electron chi connectivity index (χ0n) is 24.1. The number of para-hydroxylation sites is 2. The molecule has 10 aromatic rings. The summed E-state index contributed by atoms with van der Waals surface area (Å²) in [6.07, 6.45) is 0. The molecule has 0 aliphatic carbocycles. The minimum atomic E-state index is 0.874. The third-order valence-corrected chi connectivity index (χ3v) is 10.2. The SMILES string of the molecule is c1cc(-c2ccc3oc4ccc(-n5c6ccccc6c6ccccc65)cc4c3c2)nc(-c2ccc3sc4ccccc4c3c2)c1. The average Bonchev–Trinajstić information content (AvgIpc) is 3.77. The fourth-order valence-electron chi connectivity index (χ4n) is 6.91. The second-order valence-corrected chi connectivity index (χ2v) is 12.7. The summed E-state index contributed by atoms with van der Waals surface area (Å²) >= 11 is 1.84. The van der Waals surface area contributed by atoms with E-state index in [1.165, 1.54) is 42.0 Å². The Labute approximate surface area is 262 Å². The minimum Gasteiger partial charge on any atom is -0.456 e. The quantitative estimate of drug-likeness (QED) is 0.204. The molecule has 0 unspecified atom stereocenters. The largest absolute Gasteiger partial charge is 0.456 e. The number of fused-ring (bicyclic) bond motifs is 9. The first-order valence-electron chi connectivity index (χ1n) is 15.1. The van der Waals surface area contributed by atoms with Crippen molar-refractivity contribution in [2.45, 2.75) is 0 Å². The summed E-state index contributed by atoms with van der Waals surface area (Å²) in [7, 11) is 0. The number of hydrogen-bond acceptors (Lipinski definition) is 3. The molecule has 0 spiro atoms. The molecule has 0 amide bonds. The summed E-state index contributed by atoms with van der Waals surface area (Å²) in [4.78, 5) is 5.15. The Morgan fingerprint density at radius 2 is 1.02 bits per heavy atom. The zero-order valence-corrected chi connectivity index (χ0v) is 24.9. The summed E-state index contributed by atoms with van der Waals surface area (Å²) in [6.45, 7) is 0. The van der Waals surface area contributed by atoms with Crippen LogP contribution in [0.25, 0.3) is 92.1 Å². The second-order valence-electron chi connectivity index (χ2n) is 11.6. The van der Waals surface area contributed by atoms with Crippen molar-refractivity contribution in [2.24, 2.45) is 0 Å². The van der Waals surface area contributed by atoms with Gasteiger partial charge in [0.05, 0.1) is 22.4 Å². The second kappa shape index (κ2) is 9.39. The molecule has 0 aliphatic heterocycles. The molecular formula is C41H24N2OS. The Kier molecular flexibility index (Phi) is 5.16. The maximum Gasteiger partial charge on any atom is 0.135 e. The summed E-state index contributed by atoms with van der Waals surface area (Å²) in [5, 5.41) is 7.27. The van der Waals surface area contributed by atoms with E-state index in [2.05, 4.69) is 150 Å². The first kappa shape index (κ1) is 24.7. The van der Waals surface area contributed by atoms with E-state index in [0.29, 0.717) is 0 Å². The van der Waals surface area contributed by atoms with Gasteiger partial charge in [-0.3, -0.25) is 0 Å². The van der Waals surface area contributed by atoms with E-state index >= 15 is 0 Å². The van der Waals surface area contributed by atoms with Crippen LogP contribution in [0.5, 0.6) is 0 Å². The smallest absolute Gasteiger partial charge is 0.135 e. The summed E-state index contributed by atoms with van der Waals surface area (Å²) in [5.41, 5.74) is 9.36. The van der Waals surface area contributed by atoms with Crippen LogP contribution in [-0.2, 0) is 0 Å². The number of nitrogens with zero attached hydrogens (tertiary/aromatic N) is 2. The fraction of sp³-hybridized carbons (Fsp3) is 0. The molecule has 6 aromatic carbocycles. The molecule has 0 aliphatic rings. The third-order valence-electron chi connectivity index (χ3n) is 9.01. The van der Waals surface area contributed by atoms with Gasteiger partial charge in [0.2, 0.25) is 0 Å². The lowest BCUT2D eigenvalue weighted by Gasteiger charge is -2.08. The monoisotopic (exact) mass is 592 g/mol. The normalized spacial score (nSPS) is 12.0. The lowest BCUT2D eigenvalue weighted by Crippen LogP contribution is -1.93. The maximum absolute atomic E-state index is 6.32. The molecule has 210 valence electrons. The molecule has 4 heterocycles. The van der Waals surface area contributed by atoms with Gasteiger partial charge in [0.25, 0.3) is 0 Å². The fourth-order valence-corrected chi connectivity index (χ4v) is 7.99. The molecule has 4 heteroatoms. The van der Waals surface area contributed by atoms with Crippen LogP contribution in [0.15, 0.2) is 150 Å². The summed E-state index contributed by atoms with van der Waals surface area (Å²) in [6, 6.07) is 51.8. The molecule has 4 aromatic heterocycles. The maximum atomic E-state index is 6.32. The molecule has 0 N–H and O–H groups in total. The number of pyridine rings is 1. The Hall–Kier alpha value is -5.71. The molecule has 0 saturated carbocycles. The van der Waals surface area contributed by atoms with Gasteiger partial charge >= 0.3 is 0 Å². The minimum absolute atomic E-state index is 0.874. The molecule has 45 heavy (non-hydrogen) atoms. The van der Waals surface area contributed by atoms with E-state index in [0.717, 1.165) is 50.1 Å². The van der Waals surface area contributed by atoms with E-state index in [9.17, 15) is 0 Å². The van der Waals surface area contributed by atoms with Gasteiger partial charge in [-0.1, -0.05) is 66.7 Å². The topological polar surface area (TPSA) is 31.0 Å². The van der Waals surface area contributed by atoms with Crippen molar-refractivity contribution in [1.29, 1.82) is 0 Å². The number of hydrogen-bond donors (Lipinski definition) is 0. The van der Waals surface area contributed by atoms with Gasteiger partial charge in [0.1, 0.15) is 11.2 Å². The van der Waals surface area contributed by atoms with Crippen molar-refractivity contribution < 1.29 is 4.42 Å². The predicted molar refractivity (Wildman–Crippen MR) is 190 cm³/mol. The van der Waals surface area contributed by atoms with Gasteiger partial charge in [-0.25, -0.2) is 4.98 Å². The van der Waals surface area contributed by atoms with Crippen molar-refractivity contribution >= 4 is 75.3 Å². The van der Waals surface area contributed by atoms with Crippen LogP contribution in [0.1, 0.15) is 0 Å². The number of aromatic nitrogens is 2. The highest BCUT2D eigenvalue weighted by Gasteiger charge is 2.15. The first-order valence-corrected chi connectivity index (χ1v) is 15.9. The predicted octanol–water partition coefficient (Wildman–Crippen LogP) is 11.8. The highest BCUT2D eigenvalue weighted by atomic mass is 32.1. The van der Waals surface area contributed by atoms with Gasteiger partial charge < -0.3 is 8.98 Å². The van der Waals surface area contributed by atoms with E-state index in [-0.39, 0.29) is 0 Å². The molecule has 0 radical (unpaired) electrons. The van der Waals surface area contributed by atoms with E-state index in [1.807, 2.05) is 11.3 Å². The lowest BCUT2D eigenvalue weighted by molar-refractivity contribution is 0.669. The van der Waals surface area contributed by atoms with Crippen molar-refractivity contribution in [3.63, 3.8) is 0 Å². The van der Waals surface area contributed by atoms with Gasteiger partial charge in [0, 0.05) is 58.5 Å². The highest BCUT2D eigenvalue weighted by Crippen LogP contribution is 2.38. The van der Waals surface area contributed by atoms with E-state index in [1.54, 1.807) is 0 Å². The van der Waals surface area contributed by atoms with Gasteiger partial charge in [-0.15, -0.1) is 11.3 Å². The number of rotatable bonds is 3. The third kappa shape index (κ3) is 3.73. The van der Waals surface area contributed by atoms with Crippen molar-refractivity contribution in [2.75, 3.05) is 0 Å². The average molecular weight is 593 g/mol. The Balaban J connectivity index is 1.11. The molecule has 0 bridgehead atoms. The summed E-state index contributed by atoms with van der Waals surface area (Å²) < 4.78 is 11.3. The molecule has 3 nitrogen and oxygen atoms in total. The highest BCUT2D eigenvalue weighted by molar-refractivity contribution is 7.25. The van der Waals surface area contributed by atoms with Crippen molar-refractivity contribution in [3.05, 3.63) is 146 Å². The van der Waals surface area contributed by atoms with Crippen LogP contribution in [0, 0.1) is 0 Å². The molecule has 10 rings (SSSR count). The van der Waals surface area contributed by atoms with Crippen LogP contribution in [0.2, 0.25) is 0 Å².